The molecule has 2 aromatic rings. The van der Waals surface area contributed by atoms with Crippen LogP contribution in [0, 0.1) is 13.8 Å². The molecule has 19 heavy (non-hydrogen) atoms. The van der Waals surface area contributed by atoms with Gasteiger partial charge in [-0.3, -0.25) is 0 Å². The first-order chi connectivity index (χ1) is 9.08. The zero-order valence-corrected chi connectivity index (χ0v) is 11.1. The van der Waals surface area contributed by atoms with Crippen molar-refractivity contribution in [2.75, 3.05) is 5.73 Å². The molecule has 0 aromatic heterocycles. The van der Waals surface area contributed by atoms with Crippen LogP contribution >= 0.6 is 0 Å². The maximum Gasteiger partial charge on any atom is 0.340 e. The van der Waals surface area contributed by atoms with Crippen molar-refractivity contribution in [2.24, 2.45) is 0 Å². The van der Waals surface area contributed by atoms with Gasteiger partial charge in [-0.2, -0.15) is 0 Å². The van der Waals surface area contributed by atoms with Crippen molar-refractivity contribution in [3.8, 4) is 0 Å². The van der Waals surface area contributed by atoms with E-state index in [0.717, 1.165) is 11.1 Å². The van der Waals surface area contributed by atoms with Crippen LogP contribution in [0.1, 0.15) is 27.0 Å². The number of aryl methyl sites for hydroxylation is 2. The van der Waals surface area contributed by atoms with Gasteiger partial charge in [0.1, 0.15) is 6.61 Å². The van der Waals surface area contributed by atoms with Gasteiger partial charge >= 0.3 is 5.97 Å². The van der Waals surface area contributed by atoms with Crippen molar-refractivity contribution < 1.29 is 9.53 Å². The summed E-state index contributed by atoms with van der Waals surface area (Å²) in [5.74, 6) is -0.391. The maximum absolute atomic E-state index is 11.9. The van der Waals surface area contributed by atoms with Gasteiger partial charge in [0.15, 0.2) is 0 Å². The van der Waals surface area contributed by atoms with Gasteiger partial charge < -0.3 is 10.5 Å². The number of nitrogens with two attached hydrogens (primary N) is 1. The number of hydrogen-bond donors (Lipinski definition) is 1. The standard InChI is InChI=1S/C16H17NO2/c1-11-7-8-13(12(2)9-11)10-19-16(18)14-5-3-4-6-15(14)17/h3-9H,10,17H2,1-2H3. The first-order valence-corrected chi connectivity index (χ1v) is 6.15. The smallest absolute Gasteiger partial charge is 0.340 e. The third kappa shape index (κ3) is 3.13. The predicted molar refractivity (Wildman–Crippen MR) is 75.9 cm³/mol. The van der Waals surface area contributed by atoms with Crippen LogP contribution in [-0.2, 0) is 11.3 Å². The number of para-hydroxylation sites is 1. The quantitative estimate of drug-likeness (QED) is 0.676. The third-order valence-corrected chi connectivity index (χ3v) is 3.04. The summed E-state index contributed by atoms with van der Waals surface area (Å²) >= 11 is 0. The Hall–Kier alpha value is -2.29. The monoisotopic (exact) mass is 255 g/mol. The fourth-order valence-corrected chi connectivity index (χ4v) is 1.91. The number of carbonyl (C=O) groups excluding carboxylic acids is 1. The van der Waals surface area contributed by atoms with Crippen LogP contribution < -0.4 is 5.73 Å². The van der Waals surface area contributed by atoms with E-state index in [9.17, 15) is 4.79 Å². The van der Waals surface area contributed by atoms with E-state index >= 15 is 0 Å². The molecule has 0 saturated carbocycles. The van der Waals surface area contributed by atoms with Crippen LogP contribution in [-0.4, -0.2) is 5.97 Å². The van der Waals surface area contributed by atoms with Gasteiger partial charge in [0.05, 0.1) is 5.56 Å². The summed E-state index contributed by atoms with van der Waals surface area (Å²) in [7, 11) is 0. The van der Waals surface area contributed by atoms with Gasteiger partial charge in [0, 0.05) is 5.69 Å². The summed E-state index contributed by atoms with van der Waals surface area (Å²) in [5.41, 5.74) is 9.91. The van der Waals surface area contributed by atoms with Crippen molar-refractivity contribution in [3.05, 3.63) is 64.7 Å². The Kier molecular flexibility index (Phi) is 3.85. The van der Waals surface area contributed by atoms with Gasteiger partial charge in [0.2, 0.25) is 0 Å². The highest BCUT2D eigenvalue weighted by molar-refractivity contribution is 5.94. The van der Waals surface area contributed by atoms with E-state index < -0.39 is 5.97 Å². The lowest BCUT2D eigenvalue weighted by Crippen LogP contribution is -2.08. The zero-order chi connectivity index (χ0) is 13.8. The fourth-order valence-electron chi connectivity index (χ4n) is 1.91. The lowest BCUT2D eigenvalue weighted by Gasteiger charge is -2.09. The number of nitrogen functional groups attached to an aromatic ring is 1. The topological polar surface area (TPSA) is 52.3 Å². The minimum Gasteiger partial charge on any atom is -0.457 e. The van der Waals surface area contributed by atoms with E-state index in [4.69, 9.17) is 10.5 Å². The van der Waals surface area contributed by atoms with Crippen molar-refractivity contribution in [2.45, 2.75) is 20.5 Å². The molecule has 2 N–H and O–H groups in total. The summed E-state index contributed by atoms with van der Waals surface area (Å²) < 4.78 is 5.30. The van der Waals surface area contributed by atoms with E-state index in [1.165, 1.54) is 5.56 Å². The number of esters is 1. The van der Waals surface area contributed by atoms with Crippen molar-refractivity contribution in [1.29, 1.82) is 0 Å². The van der Waals surface area contributed by atoms with Gasteiger partial charge in [0.25, 0.3) is 0 Å². The van der Waals surface area contributed by atoms with Crippen LogP contribution in [0.25, 0.3) is 0 Å². The number of benzene rings is 2. The highest BCUT2D eigenvalue weighted by atomic mass is 16.5. The van der Waals surface area contributed by atoms with Crippen molar-refractivity contribution >= 4 is 11.7 Å². The van der Waals surface area contributed by atoms with Crippen LogP contribution in [0.15, 0.2) is 42.5 Å². The van der Waals surface area contributed by atoms with Gasteiger partial charge in [-0.1, -0.05) is 35.9 Å². The molecule has 0 aliphatic heterocycles. The average molecular weight is 255 g/mol. The summed E-state index contributed by atoms with van der Waals surface area (Å²) in [6.07, 6.45) is 0. The molecule has 0 bridgehead atoms. The molecule has 0 radical (unpaired) electrons. The molecular weight excluding hydrogens is 238 g/mol. The number of ether oxygens (including phenoxy) is 1. The Morgan fingerprint density at radius 3 is 2.58 bits per heavy atom. The number of carbonyl (C=O) groups is 1. The Labute approximate surface area is 113 Å². The summed E-state index contributed by atoms with van der Waals surface area (Å²) in [6.45, 7) is 4.31. The molecule has 0 aliphatic rings. The van der Waals surface area contributed by atoms with E-state index in [2.05, 4.69) is 6.07 Å². The minimum absolute atomic E-state index is 0.263. The Balaban J connectivity index is 2.07. The van der Waals surface area contributed by atoms with Crippen LogP contribution in [0.4, 0.5) is 5.69 Å². The molecule has 2 aromatic carbocycles. The molecule has 0 aliphatic carbocycles. The third-order valence-electron chi connectivity index (χ3n) is 3.04. The average Bonchev–Trinajstić information content (AvgIpc) is 2.38. The second kappa shape index (κ2) is 5.57. The zero-order valence-electron chi connectivity index (χ0n) is 11.1. The maximum atomic E-state index is 11.9. The second-order valence-corrected chi connectivity index (χ2v) is 4.59. The second-order valence-electron chi connectivity index (χ2n) is 4.59. The van der Waals surface area contributed by atoms with E-state index in [1.807, 2.05) is 26.0 Å². The Morgan fingerprint density at radius 1 is 1.16 bits per heavy atom. The highest BCUT2D eigenvalue weighted by Crippen LogP contribution is 2.15. The van der Waals surface area contributed by atoms with E-state index in [1.54, 1.807) is 24.3 Å². The summed E-state index contributed by atoms with van der Waals surface area (Å²) in [5, 5.41) is 0. The van der Waals surface area contributed by atoms with E-state index in [0.29, 0.717) is 11.3 Å². The number of hydrogen-bond acceptors (Lipinski definition) is 3. The van der Waals surface area contributed by atoms with Crippen molar-refractivity contribution in [3.63, 3.8) is 0 Å². The van der Waals surface area contributed by atoms with Crippen molar-refractivity contribution in [1.82, 2.24) is 0 Å². The highest BCUT2D eigenvalue weighted by Gasteiger charge is 2.11. The summed E-state index contributed by atoms with van der Waals surface area (Å²) in [4.78, 5) is 11.9. The van der Waals surface area contributed by atoms with Crippen LogP contribution in [0.3, 0.4) is 0 Å². The molecule has 0 atom stereocenters. The van der Waals surface area contributed by atoms with E-state index in [-0.39, 0.29) is 6.61 Å². The first-order valence-electron chi connectivity index (χ1n) is 6.15. The fraction of sp³-hybridized carbons (Fsp3) is 0.188. The molecule has 0 fully saturated rings. The molecule has 0 amide bonds. The largest absolute Gasteiger partial charge is 0.457 e. The SMILES string of the molecule is Cc1ccc(COC(=O)c2ccccc2N)c(C)c1. The number of anilines is 1. The molecule has 0 heterocycles. The molecule has 2 rings (SSSR count). The molecule has 3 nitrogen and oxygen atoms in total. The lowest BCUT2D eigenvalue weighted by molar-refractivity contribution is 0.0473. The van der Waals surface area contributed by atoms with Gasteiger partial charge in [-0.15, -0.1) is 0 Å². The summed E-state index contributed by atoms with van der Waals surface area (Å²) in [6, 6.07) is 13.0. The number of rotatable bonds is 3. The Morgan fingerprint density at radius 2 is 1.89 bits per heavy atom. The normalized spacial score (nSPS) is 10.2. The molecule has 3 heteroatoms. The van der Waals surface area contributed by atoms with Gasteiger partial charge in [-0.25, -0.2) is 4.79 Å². The molecular formula is C16H17NO2. The Bertz CT molecular complexity index is 605. The minimum atomic E-state index is -0.391. The first kappa shape index (κ1) is 13.1. The molecule has 0 unspecified atom stereocenters. The molecule has 0 spiro atoms. The lowest BCUT2D eigenvalue weighted by atomic mass is 10.1. The van der Waals surface area contributed by atoms with Crippen LogP contribution in [0.5, 0.6) is 0 Å². The molecule has 0 saturated heterocycles. The predicted octanol–water partition coefficient (Wildman–Crippen LogP) is 3.24. The molecule has 98 valence electrons. The van der Waals surface area contributed by atoms with Gasteiger partial charge in [-0.05, 0) is 37.1 Å². The van der Waals surface area contributed by atoms with Crippen LogP contribution in [0.2, 0.25) is 0 Å².